The summed E-state index contributed by atoms with van der Waals surface area (Å²) >= 11 is 0. The van der Waals surface area contributed by atoms with Gasteiger partial charge in [-0.1, -0.05) is 49.4 Å². The monoisotopic (exact) mass is 498 g/mol. The number of carbonyl (C=O) groups excluding carboxylic acids is 2. The number of hydrogen-bond acceptors (Lipinski definition) is 5. The van der Waals surface area contributed by atoms with Gasteiger partial charge in [0.05, 0.1) is 16.9 Å². The van der Waals surface area contributed by atoms with Gasteiger partial charge in [0.1, 0.15) is 0 Å². The van der Waals surface area contributed by atoms with Crippen molar-refractivity contribution < 1.29 is 18.0 Å². The predicted molar refractivity (Wildman–Crippen MR) is 138 cm³/mol. The average molecular weight is 499 g/mol. The van der Waals surface area contributed by atoms with E-state index in [1.807, 2.05) is 42.5 Å². The van der Waals surface area contributed by atoms with E-state index >= 15 is 0 Å². The number of Topliss-reactive ketones (excluding diaryl/α,β-unsaturated/α-hetero) is 2. The van der Waals surface area contributed by atoms with E-state index in [0.717, 1.165) is 29.5 Å². The van der Waals surface area contributed by atoms with Gasteiger partial charge in [0.2, 0.25) is 11.6 Å². The maximum absolute atomic E-state index is 14.0. The van der Waals surface area contributed by atoms with Crippen LogP contribution in [0.3, 0.4) is 0 Å². The topological polar surface area (TPSA) is 97.5 Å². The molecular formula is C29H26N2O4S. The molecule has 0 radical (unpaired) electrons. The molecule has 2 N–H and O–H groups in total. The summed E-state index contributed by atoms with van der Waals surface area (Å²) in [5.41, 5.74) is 10.5. The van der Waals surface area contributed by atoms with Crippen molar-refractivity contribution in [2.45, 2.75) is 43.0 Å². The number of rotatable bonds is 3. The second-order valence-corrected chi connectivity index (χ2v) is 11.7. The molecule has 3 aromatic rings. The molecule has 2 aliphatic carbocycles. The largest absolute Gasteiger partial charge is 0.399 e. The zero-order valence-corrected chi connectivity index (χ0v) is 20.7. The van der Waals surface area contributed by atoms with Crippen LogP contribution >= 0.6 is 0 Å². The number of nitrogen functional groups attached to an aromatic ring is 1. The molecule has 3 atom stereocenters. The first-order valence-electron chi connectivity index (χ1n) is 12.2. The number of carbonyl (C=O) groups is 2. The zero-order chi connectivity index (χ0) is 25.2. The van der Waals surface area contributed by atoms with Crippen LogP contribution < -0.4 is 5.73 Å². The third-order valence-electron chi connectivity index (χ3n) is 7.78. The van der Waals surface area contributed by atoms with Gasteiger partial charge in [0.25, 0.3) is 10.0 Å². The van der Waals surface area contributed by atoms with Crippen LogP contribution in [0.1, 0.15) is 64.3 Å². The minimum Gasteiger partial charge on any atom is -0.399 e. The van der Waals surface area contributed by atoms with Crippen LogP contribution in [0.15, 0.2) is 77.8 Å². The Morgan fingerprint density at radius 1 is 0.917 bits per heavy atom. The number of nitrogens with zero attached hydrogens (tertiary/aromatic N) is 1. The first-order valence-corrected chi connectivity index (χ1v) is 13.6. The quantitative estimate of drug-likeness (QED) is 0.410. The molecule has 1 aliphatic heterocycles. The van der Waals surface area contributed by atoms with Gasteiger partial charge in [-0.2, -0.15) is 0 Å². The Morgan fingerprint density at radius 3 is 2.33 bits per heavy atom. The molecule has 0 spiro atoms. The highest BCUT2D eigenvalue weighted by Gasteiger charge is 2.53. The maximum atomic E-state index is 14.0. The number of hydrogen-bond donors (Lipinski definition) is 1. The van der Waals surface area contributed by atoms with Crippen molar-refractivity contribution in [1.82, 2.24) is 4.31 Å². The molecule has 182 valence electrons. The predicted octanol–water partition coefficient (Wildman–Crippen LogP) is 4.88. The molecule has 7 heteroatoms. The summed E-state index contributed by atoms with van der Waals surface area (Å²) in [7, 11) is -4.04. The van der Waals surface area contributed by atoms with Crippen molar-refractivity contribution in [1.29, 1.82) is 0 Å². The van der Waals surface area contributed by atoms with Crippen LogP contribution in [-0.4, -0.2) is 24.3 Å². The van der Waals surface area contributed by atoms with E-state index in [2.05, 4.69) is 6.92 Å². The minimum absolute atomic E-state index is 0.0819. The molecule has 3 aromatic carbocycles. The second kappa shape index (κ2) is 8.17. The molecule has 2 unspecified atom stereocenters. The first-order chi connectivity index (χ1) is 17.3. The van der Waals surface area contributed by atoms with Crippen LogP contribution in [-0.2, 0) is 21.2 Å². The highest BCUT2D eigenvalue weighted by molar-refractivity contribution is 7.89. The number of fused-ring (bicyclic) bond motifs is 5. The number of ketones is 2. The highest BCUT2D eigenvalue weighted by Crippen LogP contribution is 2.52. The molecule has 6 nitrogen and oxygen atoms in total. The first kappa shape index (κ1) is 22.7. The fourth-order valence-electron chi connectivity index (χ4n) is 6.01. The lowest BCUT2D eigenvalue weighted by Gasteiger charge is -2.36. The molecule has 0 fully saturated rings. The molecule has 0 amide bonds. The van der Waals surface area contributed by atoms with Crippen molar-refractivity contribution in [3.63, 3.8) is 0 Å². The number of nitrogens with two attached hydrogens (primary N) is 1. The summed E-state index contributed by atoms with van der Waals surface area (Å²) < 4.78 is 29.2. The van der Waals surface area contributed by atoms with Gasteiger partial charge < -0.3 is 5.73 Å². The number of sulfonamides is 1. The molecular weight excluding hydrogens is 472 g/mol. The van der Waals surface area contributed by atoms with E-state index in [-0.39, 0.29) is 10.8 Å². The Bertz CT molecular complexity index is 1540. The maximum Gasteiger partial charge on any atom is 0.264 e. The Balaban J connectivity index is 1.59. The zero-order valence-electron chi connectivity index (χ0n) is 19.8. The van der Waals surface area contributed by atoms with Crippen molar-refractivity contribution in [3.05, 3.63) is 101 Å². The fourth-order valence-corrected chi connectivity index (χ4v) is 7.52. The molecule has 0 saturated heterocycles. The lowest BCUT2D eigenvalue weighted by molar-refractivity contribution is -0.118. The van der Waals surface area contributed by atoms with Crippen molar-refractivity contribution in [2.75, 3.05) is 5.73 Å². The Kier molecular flexibility index (Phi) is 5.16. The summed E-state index contributed by atoms with van der Waals surface area (Å²) in [6, 6.07) is 18.3. The molecule has 0 bridgehead atoms. The summed E-state index contributed by atoms with van der Waals surface area (Å²) in [6.45, 7) is 2.13. The van der Waals surface area contributed by atoms with Crippen molar-refractivity contribution in [3.8, 4) is 0 Å². The summed E-state index contributed by atoms with van der Waals surface area (Å²) in [4.78, 5) is 27.4. The third kappa shape index (κ3) is 3.26. The normalized spacial score (nSPS) is 23.1. The minimum atomic E-state index is -4.04. The van der Waals surface area contributed by atoms with Crippen LogP contribution in [0.25, 0.3) is 5.57 Å². The number of anilines is 1. The van der Waals surface area contributed by atoms with Gasteiger partial charge in [0, 0.05) is 17.5 Å². The van der Waals surface area contributed by atoms with E-state index < -0.39 is 33.5 Å². The van der Waals surface area contributed by atoms with Gasteiger partial charge in [-0.15, -0.1) is 0 Å². The molecule has 0 saturated carbocycles. The van der Waals surface area contributed by atoms with Gasteiger partial charge >= 0.3 is 0 Å². The van der Waals surface area contributed by atoms with E-state index in [0.29, 0.717) is 28.8 Å². The van der Waals surface area contributed by atoms with Gasteiger partial charge in [0.15, 0.2) is 0 Å². The summed E-state index contributed by atoms with van der Waals surface area (Å²) in [5, 5.41) is 0. The van der Waals surface area contributed by atoms with E-state index in [1.54, 1.807) is 18.3 Å². The Hall–Kier alpha value is -3.71. The van der Waals surface area contributed by atoms with Crippen molar-refractivity contribution >= 4 is 32.9 Å². The molecule has 3 aliphatic rings. The van der Waals surface area contributed by atoms with Gasteiger partial charge in [-0.3, -0.25) is 13.9 Å². The lowest BCUT2D eigenvalue weighted by atomic mass is 9.70. The van der Waals surface area contributed by atoms with Crippen LogP contribution in [0, 0.1) is 5.92 Å². The Labute approximate surface area is 210 Å². The molecule has 6 rings (SSSR count). The molecule has 0 aromatic heterocycles. The Morgan fingerprint density at radius 2 is 1.61 bits per heavy atom. The molecule has 1 heterocycles. The number of benzene rings is 3. The van der Waals surface area contributed by atoms with E-state index in [4.69, 9.17) is 5.73 Å². The van der Waals surface area contributed by atoms with Crippen LogP contribution in [0.4, 0.5) is 5.69 Å². The van der Waals surface area contributed by atoms with E-state index in [1.165, 1.54) is 16.4 Å². The van der Waals surface area contributed by atoms with E-state index in [9.17, 15) is 18.0 Å². The average Bonchev–Trinajstić information content (AvgIpc) is 3.30. The van der Waals surface area contributed by atoms with Crippen LogP contribution in [0.2, 0.25) is 0 Å². The standard InChI is InChI=1S/C29H26N2O4S/c1-17-6-5-9-22-21(17)14-15-23-25(22)28(32)29(33)26-24(18-7-3-2-4-8-18)16-31(27(23)26)36(34,35)20-12-10-19(30)11-13-20/h2-4,7-8,10-17,26-27H,5-6,9,30H2,1H3/t17-,26?,27?/m0/s1. The summed E-state index contributed by atoms with van der Waals surface area (Å²) in [5.74, 6) is -1.68. The SMILES string of the molecule is C[C@H]1CCCc2c1ccc1c2C(=O)C(=O)C2C(c3ccccc3)=CN(S(=O)(=O)c3ccc(N)cc3)C12. The second-order valence-electron chi connectivity index (χ2n) is 9.86. The van der Waals surface area contributed by atoms with Crippen LogP contribution in [0.5, 0.6) is 0 Å². The smallest absolute Gasteiger partial charge is 0.264 e. The third-order valence-corrected chi connectivity index (χ3v) is 9.54. The van der Waals surface area contributed by atoms with Crippen molar-refractivity contribution in [2.24, 2.45) is 5.92 Å². The van der Waals surface area contributed by atoms with Gasteiger partial charge in [-0.25, -0.2) is 8.42 Å². The highest BCUT2D eigenvalue weighted by atomic mass is 32.2. The molecule has 36 heavy (non-hydrogen) atoms. The van der Waals surface area contributed by atoms with Gasteiger partial charge in [-0.05, 0) is 77.3 Å². The fraction of sp³-hybridized carbons (Fsp3) is 0.241. The summed E-state index contributed by atoms with van der Waals surface area (Å²) in [6.07, 6.45) is 4.21. The lowest BCUT2D eigenvalue weighted by Crippen LogP contribution is -2.41.